The Kier molecular flexibility index (Phi) is 8.95. The third kappa shape index (κ3) is 6.76. The fraction of sp³-hybridized carbons (Fsp3) is 0.346. The van der Waals surface area contributed by atoms with Crippen LogP contribution in [0.25, 0.3) is 0 Å². The van der Waals surface area contributed by atoms with E-state index >= 15 is 0 Å². The monoisotopic (exact) mass is 469 g/mol. The highest BCUT2D eigenvalue weighted by molar-refractivity contribution is 5.94. The Labute approximate surface area is 199 Å². The molecule has 0 fully saturated rings. The van der Waals surface area contributed by atoms with Crippen molar-refractivity contribution < 1.29 is 33.3 Å². The predicted octanol–water partition coefficient (Wildman–Crippen LogP) is 3.95. The number of carbonyl (C=O) groups is 1. The third-order valence-electron chi connectivity index (χ3n) is 5.26. The van der Waals surface area contributed by atoms with Crippen molar-refractivity contribution in [1.29, 1.82) is 0 Å². The van der Waals surface area contributed by atoms with Crippen LogP contribution in [0.3, 0.4) is 0 Å². The first-order chi connectivity index (χ1) is 16.4. The second-order valence-electron chi connectivity index (χ2n) is 7.83. The zero-order chi connectivity index (χ0) is 24.5. The number of Topliss-reactive ketones (excluding diaryl/α,β-unsaturated/α-hetero) is 1. The number of benzene rings is 2. The zero-order valence-corrected chi connectivity index (χ0v) is 19.9. The van der Waals surface area contributed by atoms with Crippen LogP contribution in [-0.4, -0.2) is 56.4 Å². The number of ketones is 1. The maximum atomic E-state index is 11.4. The molecule has 0 aliphatic carbocycles. The molecule has 0 saturated heterocycles. The van der Waals surface area contributed by atoms with Crippen molar-refractivity contribution >= 4 is 5.78 Å². The fourth-order valence-electron chi connectivity index (χ4n) is 3.62. The van der Waals surface area contributed by atoms with Crippen LogP contribution in [-0.2, 0) is 13.1 Å². The van der Waals surface area contributed by atoms with Crippen molar-refractivity contribution in [3.63, 3.8) is 0 Å². The molecule has 182 valence electrons. The van der Waals surface area contributed by atoms with Crippen molar-refractivity contribution in [3.8, 4) is 23.0 Å². The van der Waals surface area contributed by atoms with Crippen LogP contribution in [0, 0.1) is 0 Å². The van der Waals surface area contributed by atoms with Gasteiger partial charge in [0.2, 0.25) is 5.75 Å². The standard InChI is InChI=1S/C26H31NO7/c1-18(28)20-7-9-22(10-8-20)34-17-21(29)15-27(16-23-6-5-11-33-23)14-19-12-24(30-2)26(32-4)25(13-19)31-3/h5-13,21,29H,14-17H2,1-4H3. The molecule has 2 aromatic carbocycles. The largest absolute Gasteiger partial charge is 0.493 e. The van der Waals surface area contributed by atoms with Gasteiger partial charge in [0.05, 0.1) is 34.1 Å². The lowest BCUT2D eigenvalue weighted by Crippen LogP contribution is -2.35. The summed E-state index contributed by atoms with van der Waals surface area (Å²) in [7, 11) is 4.71. The molecule has 0 radical (unpaired) electrons. The van der Waals surface area contributed by atoms with Gasteiger partial charge in [-0.15, -0.1) is 0 Å². The van der Waals surface area contributed by atoms with Gasteiger partial charge in [-0.25, -0.2) is 0 Å². The molecule has 0 saturated carbocycles. The molecule has 1 unspecified atom stereocenters. The SMILES string of the molecule is COc1cc(CN(Cc2ccco2)CC(O)COc2ccc(C(C)=O)cc2)cc(OC)c1OC. The lowest BCUT2D eigenvalue weighted by molar-refractivity contribution is 0.0604. The number of hydrogen-bond donors (Lipinski definition) is 1. The van der Waals surface area contributed by atoms with E-state index in [9.17, 15) is 9.90 Å². The molecule has 0 amide bonds. The Morgan fingerprint density at radius 2 is 1.68 bits per heavy atom. The van der Waals surface area contributed by atoms with Gasteiger partial charge in [-0.3, -0.25) is 9.69 Å². The molecule has 8 heteroatoms. The number of nitrogens with zero attached hydrogens (tertiary/aromatic N) is 1. The zero-order valence-electron chi connectivity index (χ0n) is 19.9. The number of rotatable bonds is 13. The summed E-state index contributed by atoms with van der Waals surface area (Å²) in [5.74, 6) is 3.01. The Balaban J connectivity index is 1.70. The van der Waals surface area contributed by atoms with Crippen LogP contribution >= 0.6 is 0 Å². The molecule has 3 aromatic rings. The highest BCUT2D eigenvalue weighted by Crippen LogP contribution is 2.38. The predicted molar refractivity (Wildman–Crippen MR) is 127 cm³/mol. The minimum atomic E-state index is -0.760. The van der Waals surface area contributed by atoms with Crippen LogP contribution in [0.1, 0.15) is 28.6 Å². The molecule has 0 bridgehead atoms. The number of aliphatic hydroxyl groups excluding tert-OH is 1. The van der Waals surface area contributed by atoms with Crippen LogP contribution in [0.15, 0.2) is 59.2 Å². The Morgan fingerprint density at radius 1 is 1.00 bits per heavy atom. The molecule has 0 spiro atoms. The molecule has 0 aliphatic heterocycles. The summed E-state index contributed by atoms with van der Waals surface area (Å²) in [4.78, 5) is 13.5. The van der Waals surface area contributed by atoms with Crippen molar-refractivity contribution in [3.05, 3.63) is 71.7 Å². The summed E-state index contributed by atoms with van der Waals surface area (Å²) in [5.41, 5.74) is 1.54. The van der Waals surface area contributed by atoms with Gasteiger partial charge >= 0.3 is 0 Å². The average Bonchev–Trinajstić information content (AvgIpc) is 3.35. The van der Waals surface area contributed by atoms with E-state index in [0.717, 1.165) is 11.3 Å². The number of methoxy groups -OCH3 is 3. The molecule has 3 rings (SSSR count). The molecule has 1 aromatic heterocycles. The molecular formula is C26H31NO7. The fourth-order valence-corrected chi connectivity index (χ4v) is 3.62. The smallest absolute Gasteiger partial charge is 0.203 e. The van der Waals surface area contributed by atoms with Gasteiger partial charge in [-0.1, -0.05) is 0 Å². The number of carbonyl (C=O) groups excluding carboxylic acids is 1. The summed E-state index contributed by atoms with van der Waals surface area (Å²) >= 11 is 0. The lowest BCUT2D eigenvalue weighted by atomic mass is 10.1. The average molecular weight is 470 g/mol. The maximum Gasteiger partial charge on any atom is 0.203 e. The van der Waals surface area contributed by atoms with Gasteiger partial charge in [-0.2, -0.15) is 0 Å². The topological polar surface area (TPSA) is 90.6 Å². The first kappa shape index (κ1) is 25.1. The second kappa shape index (κ2) is 12.1. The van der Waals surface area contributed by atoms with Gasteiger partial charge in [0, 0.05) is 18.7 Å². The maximum absolute atomic E-state index is 11.4. The molecule has 1 heterocycles. The highest BCUT2D eigenvalue weighted by atomic mass is 16.5. The van der Waals surface area contributed by atoms with Crippen molar-refractivity contribution in [2.24, 2.45) is 0 Å². The quantitative estimate of drug-likeness (QED) is 0.377. The van der Waals surface area contributed by atoms with E-state index in [1.54, 1.807) is 51.9 Å². The summed E-state index contributed by atoms with van der Waals surface area (Å²) in [6.45, 7) is 2.95. The minimum Gasteiger partial charge on any atom is -0.493 e. The van der Waals surface area contributed by atoms with Gasteiger partial charge in [0.15, 0.2) is 17.3 Å². The number of furan rings is 1. The Morgan fingerprint density at radius 3 is 2.21 bits per heavy atom. The van der Waals surface area contributed by atoms with Gasteiger partial charge in [0.1, 0.15) is 24.2 Å². The normalized spacial score (nSPS) is 11.8. The van der Waals surface area contributed by atoms with Crippen molar-refractivity contribution in [2.45, 2.75) is 26.1 Å². The van der Waals surface area contributed by atoms with Crippen LogP contribution in [0.4, 0.5) is 0 Å². The van der Waals surface area contributed by atoms with Crippen LogP contribution < -0.4 is 18.9 Å². The third-order valence-corrected chi connectivity index (χ3v) is 5.26. The van der Waals surface area contributed by atoms with E-state index in [4.69, 9.17) is 23.4 Å². The van der Waals surface area contributed by atoms with Gasteiger partial charge in [-0.05, 0) is 61.0 Å². The van der Waals surface area contributed by atoms with E-state index in [2.05, 4.69) is 0 Å². The van der Waals surface area contributed by atoms with E-state index in [0.29, 0.717) is 48.2 Å². The molecule has 34 heavy (non-hydrogen) atoms. The number of ether oxygens (including phenoxy) is 4. The highest BCUT2D eigenvalue weighted by Gasteiger charge is 2.18. The minimum absolute atomic E-state index is 0.00746. The van der Waals surface area contributed by atoms with E-state index in [-0.39, 0.29) is 12.4 Å². The summed E-state index contributed by atoms with van der Waals surface area (Å²) in [6.07, 6.45) is 0.862. The molecule has 0 aliphatic rings. The van der Waals surface area contributed by atoms with E-state index in [1.165, 1.54) is 6.92 Å². The van der Waals surface area contributed by atoms with Crippen molar-refractivity contribution in [1.82, 2.24) is 4.90 Å². The molecular weight excluding hydrogens is 438 g/mol. The summed E-state index contributed by atoms with van der Waals surface area (Å²) < 4.78 is 27.6. The molecule has 1 atom stereocenters. The van der Waals surface area contributed by atoms with E-state index in [1.807, 2.05) is 29.2 Å². The summed E-state index contributed by atoms with van der Waals surface area (Å²) in [5, 5.41) is 10.7. The molecule has 8 nitrogen and oxygen atoms in total. The van der Waals surface area contributed by atoms with Gasteiger partial charge < -0.3 is 28.5 Å². The Hall–Kier alpha value is -3.49. The molecule has 1 N–H and O–H groups in total. The lowest BCUT2D eigenvalue weighted by Gasteiger charge is -2.25. The number of aliphatic hydroxyl groups is 1. The van der Waals surface area contributed by atoms with Gasteiger partial charge in [0.25, 0.3) is 0 Å². The Bertz CT molecular complexity index is 1020. The number of hydrogen-bond acceptors (Lipinski definition) is 8. The van der Waals surface area contributed by atoms with Crippen molar-refractivity contribution in [2.75, 3.05) is 34.5 Å². The van der Waals surface area contributed by atoms with Crippen LogP contribution in [0.5, 0.6) is 23.0 Å². The van der Waals surface area contributed by atoms with E-state index < -0.39 is 6.10 Å². The van der Waals surface area contributed by atoms with Crippen LogP contribution in [0.2, 0.25) is 0 Å². The summed E-state index contributed by atoms with van der Waals surface area (Å²) in [6, 6.07) is 14.3. The first-order valence-corrected chi connectivity index (χ1v) is 10.9. The second-order valence-corrected chi connectivity index (χ2v) is 7.83. The first-order valence-electron chi connectivity index (χ1n) is 10.9.